The molecule has 0 unspecified atom stereocenters. The van der Waals surface area contributed by atoms with Gasteiger partial charge in [-0.05, 0) is 52.9 Å². The largest absolute Gasteiger partial charge is 0.489 e. The molecule has 0 fully saturated rings. The molecule has 114 valence electrons. The minimum atomic E-state index is 0.602. The van der Waals surface area contributed by atoms with Crippen molar-refractivity contribution in [3.05, 3.63) is 83.9 Å². The number of rotatable bonds is 4. The number of nitrogens with one attached hydrogen (secondary N) is 1. The van der Waals surface area contributed by atoms with E-state index in [-0.39, 0.29) is 0 Å². The minimum absolute atomic E-state index is 0.602. The minimum Gasteiger partial charge on any atom is -0.489 e. The van der Waals surface area contributed by atoms with Gasteiger partial charge in [-0.3, -0.25) is 0 Å². The summed E-state index contributed by atoms with van der Waals surface area (Å²) in [6, 6.07) is 25.2. The second-order valence-corrected chi connectivity index (χ2v) is 5.85. The average molecular weight is 301 g/mol. The highest BCUT2D eigenvalue weighted by atomic mass is 16.5. The maximum Gasteiger partial charge on any atom is 0.119 e. The molecule has 0 saturated carbocycles. The van der Waals surface area contributed by atoms with Crippen LogP contribution in [0.3, 0.4) is 0 Å². The molecule has 1 aliphatic heterocycles. The van der Waals surface area contributed by atoms with Crippen molar-refractivity contribution < 1.29 is 4.74 Å². The second kappa shape index (κ2) is 6.17. The van der Waals surface area contributed by atoms with E-state index in [1.165, 1.54) is 27.9 Å². The van der Waals surface area contributed by atoms with Crippen LogP contribution in [-0.4, -0.2) is 6.54 Å². The van der Waals surface area contributed by atoms with Crippen molar-refractivity contribution in [2.45, 2.75) is 13.0 Å². The van der Waals surface area contributed by atoms with Crippen molar-refractivity contribution in [3.63, 3.8) is 0 Å². The molecule has 0 saturated heterocycles. The van der Waals surface area contributed by atoms with E-state index in [2.05, 4.69) is 47.8 Å². The summed E-state index contributed by atoms with van der Waals surface area (Å²) in [4.78, 5) is 0. The summed E-state index contributed by atoms with van der Waals surface area (Å²) in [5.41, 5.74) is 6.36. The van der Waals surface area contributed by atoms with Gasteiger partial charge in [0.15, 0.2) is 0 Å². The molecule has 0 spiro atoms. The van der Waals surface area contributed by atoms with E-state index in [4.69, 9.17) is 4.74 Å². The maximum absolute atomic E-state index is 5.85. The summed E-state index contributed by atoms with van der Waals surface area (Å²) in [6.45, 7) is 1.65. The lowest BCUT2D eigenvalue weighted by Gasteiger charge is -2.08. The van der Waals surface area contributed by atoms with Gasteiger partial charge in [-0.1, -0.05) is 48.5 Å². The van der Waals surface area contributed by atoms with Crippen molar-refractivity contribution in [2.75, 3.05) is 11.9 Å². The molecule has 2 heteroatoms. The number of anilines is 1. The third kappa shape index (κ3) is 3.07. The van der Waals surface area contributed by atoms with Crippen LogP contribution in [-0.2, 0) is 13.0 Å². The molecule has 0 atom stereocenters. The fourth-order valence-electron chi connectivity index (χ4n) is 2.97. The molecule has 0 radical (unpaired) electrons. The van der Waals surface area contributed by atoms with Crippen LogP contribution < -0.4 is 10.1 Å². The van der Waals surface area contributed by atoms with E-state index in [0.29, 0.717) is 6.61 Å². The van der Waals surface area contributed by atoms with E-state index in [0.717, 1.165) is 18.7 Å². The number of hydrogen-bond donors (Lipinski definition) is 1. The summed E-state index contributed by atoms with van der Waals surface area (Å²) in [7, 11) is 0. The molecule has 1 aliphatic rings. The number of ether oxygens (including phenoxy) is 1. The Kier molecular flexibility index (Phi) is 3.73. The van der Waals surface area contributed by atoms with E-state index < -0.39 is 0 Å². The topological polar surface area (TPSA) is 21.3 Å². The molecule has 23 heavy (non-hydrogen) atoms. The Balaban J connectivity index is 1.47. The number of fused-ring (bicyclic) bond motifs is 1. The highest BCUT2D eigenvalue weighted by molar-refractivity contribution is 5.70. The fraction of sp³-hybridized carbons (Fsp3) is 0.143. The number of hydrogen-bond acceptors (Lipinski definition) is 2. The molecular weight excluding hydrogens is 282 g/mol. The van der Waals surface area contributed by atoms with E-state index in [1.54, 1.807) is 0 Å². The van der Waals surface area contributed by atoms with Crippen LogP contribution in [0.15, 0.2) is 72.8 Å². The molecule has 0 bridgehead atoms. The van der Waals surface area contributed by atoms with Crippen LogP contribution in [0.25, 0.3) is 11.1 Å². The van der Waals surface area contributed by atoms with Gasteiger partial charge < -0.3 is 10.1 Å². The zero-order valence-corrected chi connectivity index (χ0v) is 13.0. The van der Waals surface area contributed by atoms with Crippen molar-refractivity contribution in [1.29, 1.82) is 0 Å². The fourth-order valence-corrected chi connectivity index (χ4v) is 2.97. The molecule has 4 rings (SSSR count). The van der Waals surface area contributed by atoms with Crippen LogP contribution in [0.4, 0.5) is 5.69 Å². The van der Waals surface area contributed by atoms with Gasteiger partial charge in [0, 0.05) is 12.2 Å². The smallest absolute Gasteiger partial charge is 0.119 e. The Morgan fingerprint density at radius 2 is 1.61 bits per heavy atom. The zero-order valence-electron chi connectivity index (χ0n) is 13.0. The lowest BCUT2D eigenvalue weighted by molar-refractivity contribution is 0.306. The Bertz CT molecular complexity index is 794. The van der Waals surface area contributed by atoms with Crippen LogP contribution in [0, 0.1) is 0 Å². The first kappa shape index (κ1) is 13.9. The quantitative estimate of drug-likeness (QED) is 0.740. The molecule has 0 amide bonds. The third-order valence-electron chi connectivity index (χ3n) is 4.25. The van der Waals surface area contributed by atoms with Crippen molar-refractivity contribution in [1.82, 2.24) is 0 Å². The summed E-state index contributed by atoms with van der Waals surface area (Å²) in [5, 5.41) is 3.40. The normalized spacial score (nSPS) is 12.5. The summed E-state index contributed by atoms with van der Waals surface area (Å²) >= 11 is 0. The lowest BCUT2D eigenvalue weighted by Crippen LogP contribution is -1.94. The second-order valence-electron chi connectivity index (χ2n) is 5.85. The van der Waals surface area contributed by atoms with Crippen molar-refractivity contribution in [3.8, 4) is 16.9 Å². The number of benzene rings is 3. The summed E-state index contributed by atoms with van der Waals surface area (Å²) < 4.78 is 5.85. The van der Waals surface area contributed by atoms with Crippen molar-refractivity contribution in [2.24, 2.45) is 0 Å². The van der Waals surface area contributed by atoms with Gasteiger partial charge in [0.05, 0.1) is 0 Å². The Hall–Kier alpha value is -2.74. The predicted octanol–water partition coefficient (Wildman–Crippen LogP) is 4.90. The molecule has 0 aliphatic carbocycles. The highest BCUT2D eigenvalue weighted by Crippen LogP contribution is 2.29. The van der Waals surface area contributed by atoms with Crippen LogP contribution in [0.5, 0.6) is 5.75 Å². The Morgan fingerprint density at radius 3 is 2.43 bits per heavy atom. The molecular formula is C21H19NO. The van der Waals surface area contributed by atoms with Crippen LogP contribution in [0.1, 0.15) is 11.1 Å². The van der Waals surface area contributed by atoms with Gasteiger partial charge in [-0.2, -0.15) is 0 Å². The van der Waals surface area contributed by atoms with Gasteiger partial charge in [0.1, 0.15) is 12.4 Å². The standard InChI is InChI=1S/C21H19NO/c1-2-4-16(5-3-1)15-23-20-9-6-17(7-10-20)18-8-11-21-19(14-18)12-13-22-21/h1-11,14,22H,12-13,15H2. The molecule has 1 heterocycles. The predicted molar refractivity (Wildman–Crippen MR) is 94.8 cm³/mol. The lowest BCUT2D eigenvalue weighted by atomic mass is 10.0. The Labute approximate surface area is 136 Å². The monoisotopic (exact) mass is 301 g/mol. The van der Waals surface area contributed by atoms with E-state index in [9.17, 15) is 0 Å². The van der Waals surface area contributed by atoms with Gasteiger partial charge >= 0.3 is 0 Å². The summed E-state index contributed by atoms with van der Waals surface area (Å²) in [6.07, 6.45) is 1.11. The molecule has 3 aromatic rings. The van der Waals surface area contributed by atoms with Crippen LogP contribution in [0.2, 0.25) is 0 Å². The van der Waals surface area contributed by atoms with Gasteiger partial charge in [0.2, 0.25) is 0 Å². The third-order valence-corrected chi connectivity index (χ3v) is 4.25. The molecule has 0 aromatic heterocycles. The first-order valence-electron chi connectivity index (χ1n) is 8.02. The average Bonchev–Trinajstić information content (AvgIpc) is 3.09. The summed E-state index contributed by atoms with van der Waals surface area (Å²) in [5.74, 6) is 0.903. The first-order valence-corrected chi connectivity index (χ1v) is 8.02. The van der Waals surface area contributed by atoms with E-state index in [1.807, 2.05) is 30.3 Å². The van der Waals surface area contributed by atoms with Gasteiger partial charge in [0.25, 0.3) is 0 Å². The highest BCUT2D eigenvalue weighted by Gasteiger charge is 2.10. The van der Waals surface area contributed by atoms with Gasteiger partial charge in [-0.25, -0.2) is 0 Å². The van der Waals surface area contributed by atoms with Crippen LogP contribution >= 0.6 is 0 Å². The maximum atomic E-state index is 5.85. The van der Waals surface area contributed by atoms with Gasteiger partial charge in [-0.15, -0.1) is 0 Å². The molecule has 1 N–H and O–H groups in total. The first-order chi connectivity index (χ1) is 11.4. The zero-order chi connectivity index (χ0) is 15.5. The molecule has 2 nitrogen and oxygen atoms in total. The Morgan fingerprint density at radius 1 is 0.826 bits per heavy atom. The van der Waals surface area contributed by atoms with E-state index >= 15 is 0 Å². The SMILES string of the molecule is c1ccc(COc2ccc(-c3ccc4c(c3)CCN4)cc2)cc1. The van der Waals surface area contributed by atoms with Crippen molar-refractivity contribution >= 4 is 5.69 Å². The molecule has 3 aromatic carbocycles.